The van der Waals surface area contributed by atoms with Gasteiger partial charge in [0, 0.05) is 12.4 Å². The number of rotatable bonds is 5. The Morgan fingerprint density at radius 2 is 2.11 bits per heavy atom. The Morgan fingerprint density at radius 1 is 1.37 bits per heavy atom. The lowest BCUT2D eigenvalue weighted by molar-refractivity contribution is 0.0941. The normalized spacial score (nSPS) is 22.2. The Morgan fingerprint density at radius 3 is 2.84 bits per heavy atom. The van der Waals surface area contributed by atoms with Crippen LogP contribution in [0.15, 0.2) is 24.3 Å². The maximum absolute atomic E-state index is 12.2. The van der Waals surface area contributed by atoms with E-state index >= 15 is 0 Å². The molecule has 1 N–H and O–H groups in total. The second kappa shape index (κ2) is 6.80. The topological polar surface area (TPSA) is 38.3 Å². The highest BCUT2D eigenvalue weighted by molar-refractivity contribution is 6.18. The van der Waals surface area contributed by atoms with E-state index in [0.717, 1.165) is 6.42 Å². The molecule has 3 nitrogen and oxygen atoms in total. The van der Waals surface area contributed by atoms with Crippen LogP contribution < -0.4 is 10.1 Å². The highest BCUT2D eigenvalue weighted by Crippen LogP contribution is 2.32. The zero-order valence-electron chi connectivity index (χ0n) is 11.2. The molecular formula is C15H20ClNO2. The van der Waals surface area contributed by atoms with Crippen molar-refractivity contribution in [1.82, 2.24) is 5.32 Å². The number of amides is 1. The van der Waals surface area contributed by atoms with Gasteiger partial charge in [-0.05, 0) is 36.8 Å². The van der Waals surface area contributed by atoms with Crippen molar-refractivity contribution in [2.24, 2.45) is 11.8 Å². The van der Waals surface area contributed by atoms with Crippen LogP contribution in [0.25, 0.3) is 0 Å². The van der Waals surface area contributed by atoms with Gasteiger partial charge in [-0.25, -0.2) is 0 Å². The van der Waals surface area contributed by atoms with Crippen molar-refractivity contribution in [3.63, 3.8) is 0 Å². The monoisotopic (exact) mass is 281 g/mol. The molecule has 1 amide bonds. The van der Waals surface area contributed by atoms with Gasteiger partial charge in [-0.2, -0.15) is 0 Å². The second-order valence-corrected chi connectivity index (χ2v) is 5.32. The molecule has 1 saturated carbocycles. The smallest absolute Gasteiger partial charge is 0.255 e. The molecule has 1 aliphatic rings. The standard InChI is InChI=1S/C15H20ClNO2/c1-19-14-8-3-2-7-13(14)15(18)17-10-12-6-4-5-11(12)9-16/h2-3,7-8,11-12H,4-6,9-10H2,1H3,(H,17,18). The third-order valence-electron chi connectivity index (χ3n) is 3.89. The molecule has 0 radical (unpaired) electrons. The predicted molar refractivity (Wildman–Crippen MR) is 76.9 cm³/mol. The molecule has 1 aromatic rings. The van der Waals surface area contributed by atoms with E-state index in [1.165, 1.54) is 12.8 Å². The molecule has 2 atom stereocenters. The highest BCUT2D eigenvalue weighted by atomic mass is 35.5. The average Bonchev–Trinajstić information content (AvgIpc) is 2.92. The van der Waals surface area contributed by atoms with Crippen LogP contribution in [-0.4, -0.2) is 25.4 Å². The summed E-state index contributed by atoms with van der Waals surface area (Å²) < 4.78 is 5.20. The first-order valence-electron chi connectivity index (χ1n) is 6.73. The molecule has 104 valence electrons. The number of carbonyl (C=O) groups excluding carboxylic acids is 1. The van der Waals surface area contributed by atoms with E-state index in [-0.39, 0.29) is 5.91 Å². The number of hydrogen-bond donors (Lipinski definition) is 1. The lowest BCUT2D eigenvalue weighted by atomic mass is 9.98. The van der Waals surface area contributed by atoms with Crippen LogP contribution in [0.4, 0.5) is 0 Å². The minimum Gasteiger partial charge on any atom is -0.496 e. The van der Waals surface area contributed by atoms with Gasteiger partial charge in [-0.1, -0.05) is 18.6 Å². The number of alkyl halides is 1. The summed E-state index contributed by atoms with van der Waals surface area (Å²) in [6.07, 6.45) is 3.55. The average molecular weight is 282 g/mol. The molecule has 1 aromatic carbocycles. The molecule has 0 aliphatic heterocycles. The summed E-state index contributed by atoms with van der Waals surface area (Å²) >= 11 is 5.95. The largest absolute Gasteiger partial charge is 0.496 e. The number of methoxy groups -OCH3 is 1. The third-order valence-corrected chi connectivity index (χ3v) is 4.29. The van der Waals surface area contributed by atoms with Crippen LogP contribution in [0, 0.1) is 11.8 Å². The number of nitrogens with one attached hydrogen (secondary N) is 1. The van der Waals surface area contributed by atoms with E-state index in [2.05, 4.69) is 5.32 Å². The molecule has 0 spiro atoms. The van der Waals surface area contributed by atoms with Crippen molar-refractivity contribution < 1.29 is 9.53 Å². The van der Waals surface area contributed by atoms with E-state index < -0.39 is 0 Å². The molecule has 0 aromatic heterocycles. The van der Waals surface area contributed by atoms with Gasteiger partial charge in [-0.15, -0.1) is 11.6 Å². The van der Waals surface area contributed by atoms with E-state index in [1.54, 1.807) is 19.2 Å². The van der Waals surface area contributed by atoms with Gasteiger partial charge in [-0.3, -0.25) is 4.79 Å². The molecule has 1 fully saturated rings. The van der Waals surface area contributed by atoms with E-state index in [1.807, 2.05) is 12.1 Å². The van der Waals surface area contributed by atoms with Crippen molar-refractivity contribution in [3.8, 4) is 5.75 Å². The fourth-order valence-corrected chi connectivity index (χ4v) is 3.14. The van der Waals surface area contributed by atoms with Crippen molar-refractivity contribution in [2.45, 2.75) is 19.3 Å². The summed E-state index contributed by atoms with van der Waals surface area (Å²) in [5.41, 5.74) is 0.588. The van der Waals surface area contributed by atoms with Crippen LogP contribution >= 0.6 is 11.6 Å². The Balaban J connectivity index is 1.94. The highest BCUT2D eigenvalue weighted by Gasteiger charge is 2.26. The molecule has 19 heavy (non-hydrogen) atoms. The fourth-order valence-electron chi connectivity index (χ4n) is 2.74. The summed E-state index contributed by atoms with van der Waals surface area (Å²) in [5.74, 6) is 2.28. The number of benzene rings is 1. The van der Waals surface area contributed by atoms with Gasteiger partial charge >= 0.3 is 0 Å². The van der Waals surface area contributed by atoms with Crippen molar-refractivity contribution in [1.29, 1.82) is 0 Å². The van der Waals surface area contributed by atoms with Gasteiger partial charge in [0.2, 0.25) is 0 Å². The molecule has 1 aliphatic carbocycles. The van der Waals surface area contributed by atoms with Gasteiger partial charge in [0.05, 0.1) is 12.7 Å². The van der Waals surface area contributed by atoms with Gasteiger partial charge in [0.15, 0.2) is 0 Å². The quantitative estimate of drug-likeness (QED) is 0.843. The fraction of sp³-hybridized carbons (Fsp3) is 0.533. The molecule has 0 heterocycles. The lowest BCUT2D eigenvalue weighted by Crippen LogP contribution is -2.31. The summed E-state index contributed by atoms with van der Waals surface area (Å²) in [4.78, 5) is 12.2. The van der Waals surface area contributed by atoms with Crippen molar-refractivity contribution >= 4 is 17.5 Å². The molecule has 4 heteroatoms. The Kier molecular flexibility index (Phi) is 5.08. The summed E-state index contributed by atoms with van der Waals surface area (Å²) in [7, 11) is 1.58. The van der Waals surface area contributed by atoms with E-state index in [0.29, 0.717) is 35.6 Å². The van der Waals surface area contributed by atoms with Crippen molar-refractivity contribution in [2.75, 3.05) is 19.5 Å². The second-order valence-electron chi connectivity index (χ2n) is 5.02. The maximum atomic E-state index is 12.2. The Labute approximate surface area is 119 Å². The predicted octanol–water partition coefficient (Wildman–Crippen LogP) is 3.08. The van der Waals surface area contributed by atoms with Gasteiger partial charge in [0.25, 0.3) is 5.91 Å². The summed E-state index contributed by atoms with van der Waals surface area (Å²) in [6, 6.07) is 7.28. The summed E-state index contributed by atoms with van der Waals surface area (Å²) in [6.45, 7) is 0.703. The van der Waals surface area contributed by atoms with E-state index in [4.69, 9.17) is 16.3 Å². The number of para-hydroxylation sites is 1. The third kappa shape index (κ3) is 3.41. The molecule has 0 bridgehead atoms. The number of carbonyl (C=O) groups is 1. The van der Waals surface area contributed by atoms with Crippen LogP contribution in [0.1, 0.15) is 29.6 Å². The maximum Gasteiger partial charge on any atom is 0.255 e. The first-order chi connectivity index (χ1) is 9.26. The molecule has 0 saturated heterocycles. The molecular weight excluding hydrogens is 262 g/mol. The van der Waals surface area contributed by atoms with Gasteiger partial charge < -0.3 is 10.1 Å². The number of halogens is 1. The van der Waals surface area contributed by atoms with Gasteiger partial charge in [0.1, 0.15) is 5.75 Å². The summed E-state index contributed by atoms with van der Waals surface area (Å²) in [5, 5.41) is 3.00. The first kappa shape index (κ1) is 14.2. The van der Waals surface area contributed by atoms with Crippen molar-refractivity contribution in [3.05, 3.63) is 29.8 Å². The first-order valence-corrected chi connectivity index (χ1v) is 7.27. The minimum atomic E-state index is -0.0716. The molecule has 2 unspecified atom stereocenters. The number of hydrogen-bond acceptors (Lipinski definition) is 2. The Bertz CT molecular complexity index is 436. The van der Waals surface area contributed by atoms with Crippen LogP contribution in [0.3, 0.4) is 0 Å². The Hall–Kier alpha value is -1.22. The van der Waals surface area contributed by atoms with Crippen LogP contribution in [0.5, 0.6) is 5.75 Å². The molecule has 2 rings (SSSR count). The lowest BCUT2D eigenvalue weighted by Gasteiger charge is -2.18. The number of ether oxygens (including phenoxy) is 1. The van der Waals surface area contributed by atoms with Crippen LogP contribution in [-0.2, 0) is 0 Å². The zero-order valence-corrected chi connectivity index (χ0v) is 12.0. The SMILES string of the molecule is COc1ccccc1C(=O)NCC1CCCC1CCl. The zero-order chi connectivity index (χ0) is 13.7. The van der Waals surface area contributed by atoms with E-state index in [9.17, 15) is 4.79 Å². The minimum absolute atomic E-state index is 0.0716. The van der Waals surface area contributed by atoms with Crippen LogP contribution in [0.2, 0.25) is 0 Å².